The number of aromatic nitrogens is 1. The minimum absolute atomic E-state index is 0.0127. The lowest BCUT2D eigenvalue weighted by atomic mass is 9.85. The van der Waals surface area contributed by atoms with E-state index in [4.69, 9.17) is 9.88 Å². The van der Waals surface area contributed by atoms with Crippen molar-refractivity contribution in [2.75, 3.05) is 70.9 Å². The number of nitro benzene ring substituents is 1. The molecule has 3 amide bonds. The van der Waals surface area contributed by atoms with Crippen molar-refractivity contribution in [3.8, 4) is 10.4 Å². The summed E-state index contributed by atoms with van der Waals surface area (Å²) < 4.78 is 29.0. The number of amides is 3. The van der Waals surface area contributed by atoms with Crippen molar-refractivity contribution in [3.05, 3.63) is 69.3 Å². The highest BCUT2D eigenvalue weighted by Crippen LogP contribution is 2.29. The highest BCUT2D eigenvalue weighted by molar-refractivity contribution is 7.89. The number of hydrogen-bond donors (Lipinski definition) is 5. The molecule has 3 atom stereocenters. The molecule has 5 rings (SSSR count). The minimum atomic E-state index is -4.07. The first-order chi connectivity index (χ1) is 27.9. The number of primary sulfonamides is 1. The van der Waals surface area contributed by atoms with Crippen LogP contribution in [0, 0.1) is 22.5 Å². The number of benzene rings is 2. The molecule has 6 N–H and O–H groups in total. The molecule has 0 spiro atoms. The predicted molar refractivity (Wildman–Crippen MR) is 223 cm³/mol. The fourth-order valence-corrected chi connectivity index (χ4v) is 8.39. The van der Waals surface area contributed by atoms with Gasteiger partial charge in [0, 0.05) is 77.8 Å². The summed E-state index contributed by atoms with van der Waals surface area (Å²) in [6.45, 7) is 13.1. The van der Waals surface area contributed by atoms with Gasteiger partial charge >= 0.3 is 0 Å². The van der Waals surface area contributed by atoms with Crippen LogP contribution in [-0.4, -0.2) is 140 Å². The second-order valence-corrected chi connectivity index (χ2v) is 18.3. The molecule has 1 aromatic heterocycles. The number of nitrogens with one attached hydrogen (secondary N) is 3. The Labute approximate surface area is 348 Å². The number of likely N-dealkylation sites (tertiary alicyclic amines) is 1. The number of anilines is 1. The monoisotopic (exact) mass is 857 g/mol. The Balaban J connectivity index is 1.01. The van der Waals surface area contributed by atoms with Gasteiger partial charge in [-0.1, -0.05) is 45.0 Å². The number of nitro groups is 1. The van der Waals surface area contributed by atoms with Gasteiger partial charge in [0.15, 0.2) is 0 Å². The van der Waals surface area contributed by atoms with Gasteiger partial charge in [-0.2, -0.15) is 0 Å². The predicted octanol–water partition coefficient (Wildman–Crippen LogP) is 1.92. The maximum Gasteiger partial charge on any atom is 0.293 e. The normalized spacial score (nSPS) is 18.4. The number of aryl methyl sites for hydroxylation is 1. The SMILES string of the molecule is Cc1ncsc1-c1ccc(CNC(=O)[C@@H]2C[C@@H](O)CN2C(=O)[C@@H](NC(=O)CCOCCN2CCN(CCNc3ccc(S(N)(=O)=O)cc3[N+](=O)[O-])CC2)C(C)(C)C)cc1. The number of carbonyl (C=O) groups is 3. The van der Waals surface area contributed by atoms with Gasteiger partial charge in [-0.15, -0.1) is 11.3 Å². The topological polar surface area (TPSA) is 243 Å². The molecule has 0 aliphatic carbocycles. The van der Waals surface area contributed by atoms with E-state index in [2.05, 4.69) is 30.7 Å². The maximum atomic E-state index is 13.9. The lowest BCUT2D eigenvalue weighted by molar-refractivity contribution is -0.384. The molecule has 0 bridgehead atoms. The summed E-state index contributed by atoms with van der Waals surface area (Å²) in [7, 11) is -4.07. The molecule has 2 aliphatic heterocycles. The number of sulfonamides is 1. The number of rotatable bonds is 18. The van der Waals surface area contributed by atoms with Crippen LogP contribution in [0.2, 0.25) is 0 Å². The van der Waals surface area contributed by atoms with Crippen molar-refractivity contribution >= 4 is 50.5 Å². The van der Waals surface area contributed by atoms with Gasteiger partial charge in [-0.3, -0.25) is 34.3 Å². The number of β-amino-alcohol motifs (C(OH)–C–C–N with tert-alkyl or cyclic N) is 1. The van der Waals surface area contributed by atoms with Crippen LogP contribution in [0.5, 0.6) is 0 Å². The zero-order valence-electron chi connectivity index (χ0n) is 33.9. The molecular weight excluding hydrogens is 803 g/mol. The molecule has 0 radical (unpaired) electrons. The summed E-state index contributed by atoms with van der Waals surface area (Å²) in [6, 6.07) is 9.55. The average Bonchev–Trinajstić information content (AvgIpc) is 3.80. The molecule has 322 valence electrons. The number of thiazole rings is 1. The number of carbonyl (C=O) groups excluding carboxylic acids is 3. The largest absolute Gasteiger partial charge is 0.391 e. The van der Waals surface area contributed by atoms with E-state index in [1.807, 2.05) is 52.0 Å². The molecule has 2 aliphatic rings. The van der Waals surface area contributed by atoms with Gasteiger partial charge in [-0.25, -0.2) is 18.5 Å². The summed E-state index contributed by atoms with van der Waals surface area (Å²) >= 11 is 1.57. The molecule has 2 aromatic carbocycles. The van der Waals surface area contributed by atoms with Crippen LogP contribution in [0.1, 0.15) is 44.9 Å². The van der Waals surface area contributed by atoms with Crippen molar-refractivity contribution in [1.29, 1.82) is 0 Å². The van der Waals surface area contributed by atoms with Crippen LogP contribution in [0.4, 0.5) is 11.4 Å². The number of ether oxygens (including phenoxy) is 1. The average molecular weight is 858 g/mol. The van der Waals surface area contributed by atoms with Gasteiger partial charge in [0.1, 0.15) is 17.8 Å². The summed E-state index contributed by atoms with van der Waals surface area (Å²) in [4.78, 5) is 62.1. The minimum Gasteiger partial charge on any atom is -0.391 e. The zero-order valence-corrected chi connectivity index (χ0v) is 35.5. The summed E-state index contributed by atoms with van der Waals surface area (Å²) in [5.74, 6) is -1.16. The first-order valence-electron chi connectivity index (χ1n) is 19.5. The molecular formula is C39H55N9O9S2. The molecule has 2 saturated heterocycles. The number of aliphatic hydroxyl groups excluding tert-OH is 1. The van der Waals surface area contributed by atoms with Crippen LogP contribution in [-0.2, 0) is 35.7 Å². The van der Waals surface area contributed by atoms with E-state index >= 15 is 0 Å². The highest BCUT2D eigenvalue weighted by atomic mass is 32.2. The van der Waals surface area contributed by atoms with Gasteiger partial charge in [0.25, 0.3) is 5.69 Å². The molecule has 2 fully saturated rings. The van der Waals surface area contributed by atoms with Crippen molar-refractivity contribution in [1.82, 2.24) is 30.3 Å². The van der Waals surface area contributed by atoms with Crippen LogP contribution < -0.4 is 21.1 Å². The standard InChI is InChI=1S/C39H55N9O9S2/c1-26-35(58-25-43-26)28-7-5-27(6-8-28)23-42-37(51)33-21-29(49)24-47(33)38(52)36(39(2,3)4)44-34(50)11-19-57-20-18-46-16-14-45(15-17-46)13-12-41-31-10-9-30(59(40,55)56)22-32(31)48(53)54/h5-10,22,25,29,33,36,41,49H,11-21,23-24H2,1-4H3,(H,42,51)(H,44,50)(H2,40,55,56)/t29-,33+,36-/m1/s1. The zero-order chi connectivity index (χ0) is 42.9. The van der Waals surface area contributed by atoms with E-state index < -0.39 is 44.5 Å². The molecule has 3 heterocycles. The Morgan fingerprint density at radius 1 is 1.07 bits per heavy atom. The molecule has 0 saturated carbocycles. The fraction of sp³-hybridized carbons (Fsp3) is 0.538. The number of hydrogen-bond acceptors (Lipinski definition) is 14. The molecule has 18 nitrogen and oxygen atoms in total. The van der Waals surface area contributed by atoms with Crippen LogP contribution in [0.15, 0.2) is 52.9 Å². The lowest BCUT2D eigenvalue weighted by Gasteiger charge is -2.35. The van der Waals surface area contributed by atoms with E-state index in [1.165, 1.54) is 17.0 Å². The van der Waals surface area contributed by atoms with Gasteiger partial charge in [-0.05, 0) is 35.6 Å². The highest BCUT2D eigenvalue weighted by Gasteiger charge is 2.44. The fourth-order valence-electron chi connectivity index (χ4n) is 7.05. The van der Waals surface area contributed by atoms with E-state index in [9.17, 15) is 38.0 Å². The van der Waals surface area contributed by atoms with Crippen LogP contribution in [0.3, 0.4) is 0 Å². The van der Waals surface area contributed by atoms with Crippen molar-refractivity contribution < 1.29 is 37.6 Å². The Bertz CT molecular complexity index is 2050. The third kappa shape index (κ3) is 12.7. The van der Waals surface area contributed by atoms with Gasteiger partial charge < -0.3 is 30.7 Å². The number of nitrogens with zero attached hydrogens (tertiary/aromatic N) is 5. The Kier molecular flexibility index (Phi) is 15.5. The Morgan fingerprint density at radius 2 is 1.75 bits per heavy atom. The first kappa shape index (κ1) is 45.5. The van der Waals surface area contributed by atoms with E-state index in [-0.39, 0.29) is 60.6 Å². The van der Waals surface area contributed by atoms with Gasteiger partial charge in [0.2, 0.25) is 27.7 Å². The van der Waals surface area contributed by atoms with E-state index in [1.54, 1.807) is 16.8 Å². The smallest absolute Gasteiger partial charge is 0.293 e. The lowest BCUT2D eigenvalue weighted by Crippen LogP contribution is -2.57. The number of piperazine rings is 1. The van der Waals surface area contributed by atoms with Crippen LogP contribution in [0.25, 0.3) is 10.4 Å². The molecule has 3 aromatic rings. The maximum absolute atomic E-state index is 13.9. The molecule has 59 heavy (non-hydrogen) atoms. The second-order valence-electron chi connectivity index (χ2n) is 15.9. The van der Waals surface area contributed by atoms with Crippen molar-refractivity contribution in [2.24, 2.45) is 10.6 Å². The van der Waals surface area contributed by atoms with E-state index in [0.717, 1.165) is 53.9 Å². The van der Waals surface area contributed by atoms with Crippen molar-refractivity contribution in [2.45, 2.75) is 70.2 Å². The van der Waals surface area contributed by atoms with Crippen molar-refractivity contribution in [3.63, 3.8) is 0 Å². The Hall–Kier alpha value is -4.57. The molecule has 20 heteroatoms. The summed E-state index contributed by atoms with van der Waals surface area (Å²) in [6.07, 6.45) is -0.734. The quantitative estimate of drug-likeness (QED) is 0.0699. The van der Waals surface area contributed by atoms with E-state index in [0.29, 0.717) is 26.2 Å². The summed E-state index contributed by atoms with van der Waals surface area (Å²) in [5.41, 5.74) is 3.86. The summed E-state index contributed by atoms with van der Waals surface area (Å²) in [5, 5.41) is 35.9. The number of nitrogens with two attached hydrogens (primary N) is 1. The third-order valence-corrected chi connectivity index (χ3v) is 12.3. The van der Waals surface area contributed by atoms with Gasteiger partial charge in [0.05, 0.1) is 45.2 Å². The second kappa shape index (κ2) is 20.1. The first-order valence-corrected chi connectivity index (χ1v) is 22.0. The van der Waals surface area contributed by atoms with Crippen LogP contribution >= 0.6 is 11.3 Å². The Morgan fingerprint density at radius 3 is 2.36 bits per heavy atom. The number of aliphatic hydroxyl groups is 1. The molecule has 0 unspecified atom stereocenters. The third-order valence-electron chi connectivity index (χ3n) is 10.4.